The molecule has 3 aromatic heterocycles. The van der Waals surface area contributed by atoms with Crippen molar-refractivity contribution >= 4 is 62.8 Å². The van der Waals surface area contributed by atoms with E-state index in [4.69, 9.17) is 13.3 Å². The number of aryl methyl sites for hydroxylation is 2. The van der Waals surface area contributed by atoms with Gasteiger partial charge in [-0.25, -0.2) is 14.4 Å². The molecule has 0 saturated carbocycles. The van der Waals surface area contributed by atoms with E-state index in [1.54, 1.807) is 23.2 Å². The second kappa shape index (κ2) is 19.3. The second-order valence-electron chi connectivity index (χ2n) is 13.0. The van der Waals surface area contributed by atoms with Crippen LogP contribution < -0.4 is 66.6 Å². The van der Waals surface area contributed by atoms with Crippen LogP contribution >= 0.6 is 12.4 Å². The summed E-state index contributed by atoms with van der Waals surface area (Å²) in [6.07, 6.45) is 0. The molecule has 3 aromatic carbocycles. The van der Waals surface area contributed by atoms with Crippen LogP contribution in [0.15, 0.2) is 82.2 Å². The van der Waals surface area contributed by atoms with Crippen LogP contribution in [0.3, 0.4) is 0 Å². The van der Waals surface area contributed by atoms with Crippen LogP contribution in [0.1, 0.15) is 0 Å². The zero-order chi connectivity index (χ0) is 35.5. The standard InChI is InChI=1S/C13H17N3O2.C12H15N3O2.C11H13N3O2.ClH.HI.V/c1-14-6-8-16(9-7-14)11-5-3-4-10-12(11)18-13(17)15(10)2;1-14-9-3-2-4-10(11(9)17-12(14)16)15-7-5-13-6-8-15;15-11-13-8-2-1-3-9(10(8)16-11)14-6-4-12-5-7-14;;;/h3-5H,6-9H2,1-2H3;2-4,13H,5-8H2,1H3;1-3,12H,4-7H2,(H,13,15);2*1H;/p-1. The number of hydrogen-bond donors (Lipinski definition) is 3. The molecule has 0 amide bonds. The molecule has 0 spiro atoms. The molecule has 3 aliphatic rings. The number of nitrogens with one attached hydrogen (secondary N) is 3. The molecule has 0 atom stereocenters. The van der Waals surface area contributed by atoms with E-state index in [1.807, 2.05) is 54.6 Å². The van der Waals surface area contributed by atoms with Crippen LogP contribution in [0.25, 0.3) is 33.3 Å². The average Bonchev–Trinajstić information content (AvgIpc) is 3.80. The number of nitrogens with zero attached hydrogens (tertiary/aromatic N) is 6. The molecule has 15 nitrogen and oxygen atoms in total. The van der Waals surface area contributed by atoms with Gasteiger partial charge in [0.1, 0.15) is 0 Å². The maximum absolute atomic E-state index is 11.6. The molecule has 3 fully saturated rings. The maximum Gasteiger partial charge on any atom is 0.419 e. The molecule has 6 aromatic rings. The third-order valence-corrected chi connectivity index (χ3v) is 9.78. The minimum absolute atomic E-state index is 0. The number of likely N-dealkylation sites (N-methyl/N-ethyl adjacent to an activating group) is 1. The Morgan fingerprint density at radius 3 is 1.41 bits per heavy atom. The second-order valence-corrected chi connectivity index (χ2v) is 13.0. The normalized spacial score (nSPS) is 16.1. The topological polar surface area (TPSA) is 153 Å². The molecular formula is C36H46ClIN9O6V-. The average molecular weight is 914 g/mol. The van der Waals surface area contributed by atoms with Gasteiger partial charge in [-0.2, -0.15) is 0 Å². The summed E-state index contributed by atoms with van der Waals surface area (Å²) in [6, 6.07) is 17.6. The fourth-order valence-corrected chi connectivity index (χ4v) is 6.84. The monoisotopic (exact) mass is 913 g/mol. The van der Waals surface area contributed by atoms with E-state index < -0.39 is 5.76 Å². The Morgan fingerprint density at radius 2 is 0.944 bits per heavy atom. The van der Waals surface area contributed by atoms with Gasteiger partial charge >= 0.3 is 17.3 Å². The molecule has 3 N–H and O–H groups in total. The summed E-state index contributed by atoms with van der Waals surface area (Å²) >= 11 is 0. The number of fused-ring (bicyclic) bond motifs is 3. The molecule has 54 heavy (non-hydrogen) atoms. The van der Waals surface area contributed by atoms with Gasteiger partial charge in [0.05, 0.1) is 33.6 Å². The number of hydrogen-bond acceptors (Lipinski definition) is 12. The number of aromatic nitrogens is 3. The Balaban J connectivity index is 0.000000176. The Morgan fingerprint density at radius 1 is 0.537 bits per heavy atom. The minimum atomic E-state index is -0.391. The molecule has 6 heterocycles. The number of oxazole rings is 3. The fraction of sp³-hybridized carbons (Fsp3) is 0.417. The largest absolute Gasteiger partial charge is 1.00 e. The van der Waals surface area contributed by atoms with Crippen molar-refractivity contribution in [3.8, 4) is 0 Å². The van der Waals surface area contributed by atoms with Gasteiger partial charge in [0.15, 0.2) is 16.7 Å². The van der Waals surface area contributed by atoms with Gasteiger partial charge in [-0.15, -0.1) is 12.4 Å². The third-order valence-electron chi connectivity index (χ3n) is 9.78. The van der Waals surface area contributed by atoms with E-state index in [0.29, 0.717) is 16.7 Å². The van der Waals surface area contributed by atoms with Gasteiger partial charge in [-0.05, 0) is 43.4 Å². The first kappa shape index (κ1) is 43.1. The van der Waals surface area contributed by atoms with Crippen molar-refractivity contribution in [2.75, 3.05) is 100 Å². The first-order chi connectivity index (χ1) is 24.8. The molecule has 0 bridgehead atoms. The quantitative estimate of drug-likeness (QED) is 0.194. The van der Waals surface area contributed by atoms with Crippen molar-refractivity contribution in [1.82, 2.24) is 29.7 Å². The van der Waals surface area contributed by atoms with E-state index in [-0.39, 0.29) is 66.5 Å². The van der Waals surface area contributed by atoms with E-state index >= 15 is 0 Å². The molecule has 291 valence electrons. The maximum atomic E-state index is 11.6. The van der Waals surface area contributed by atoms with Gasteiger partial charge in [-0.1, -0.05) is 18.2 Å². The number of rotatable bonds is 3. The Bertz CT molecular complexity index is 2300. The van der Waals surface area contributed by atoms with E-state index in [9.17, 15) is 14.4 Å². The molecule has 9 rings (SSSR count). The van der Waals surface area contributed by atoms with Crippen molar-refractivity contribution in [2.45, 2.75) is 0 Å². The predicted octanol–water partition coefficient (Wildman–Crippen LogP) is -0.622. The molecule has 3 aliphatic heterocycles. The predicted molar refractivity (Wildman–Crippen MR) is 207 cm³/mol. The summed E-state index contributed by atoms with van der Waals surface area (Å²) < 4.78 is 19.0. The zero-order valence-electron chi connectivity index (χ0n) is 30.5. The van der Waals surface area contributed by atoms with Gasteiger partial charge in [0.2, 0.25) is 0 Å². The summed E-state index contributed by atoms with van der Waals surface area (Å²) in [7, 11) is 5.60. The number of para-hydroxylation sites is 3. The van der Waals surface area contributed by atoms with Crippen molar-refractivity contribution in [2.24, 2.45) is 14.1 Å². The number of aromatic amines is 1. The number of halogens is 2. The number of anilines is 3. The molecule has 18 heteroatoms. The Labute approximate surface area is 346 Å². The molecule has 3 saturated heterocycles. The molecule has 0 unspecified atom stereocenters. The Kier molecular flexibility index (Phi) is 15.4. The van der Waals surface area contributed by atoms with Crippen LogP contribution in [0.5, 0.6) is 0 Å². The van der Waals surface area contributed by atoms with Crippen LogP contribution in [0.2, 0.25) is 0 Å². The van der Waals surface area contributed by atoms with Gasteiger partial charge < -0.3 is 67.5 Å². The summed E-state index contributed by atoms with van der Waals surface area (Å²) in [5.74, 6) is -0.994. The molecule has 1 radical (unpaired) electrons. The number of H-pyrrole nitrogens is 1. The van der Waals surface area contributed by atoms with Gasteiger partial charge in [0.25, 0.3) is 0 Å². The molecular weight excluding hydrogens is 868 g/mol. The van der Waals surface area contributed by atoms with Crippen LogP contribution in [-0.2, 0) is 32.7 Å². The van der Waals surface area contributed by atoms with Crippen molar-refractivity contribution in [3.63, 3.8) is 0 Å². The summed E-state index contributed by atoms with van der Waals surface area (Å²) in [6.45, 7) is 11.6. The molecule has 0 aliphatic carbocycles. The van der Waals surface area contributed by atoms with Crippen LogP contribution in [0.4, 0.5) is 17.1 Å². The third kappa shape index (κ3) is 9.24. The van der Waals surface area contributed by atoms with Crippen LogP contribution in [0, 0.1) is 0 Å². The Hall–Kier alpha value is -3.65. The first-order valence-electron chi connectivity index (χ1n) is 17.4. The summed E-state index contributed by atoms with van der Waals surface area (Å²) in [5, 5.41) is 6.61. The van der Waals surface area contributed by atoms with E-state index in [1.165, 1.54) is 0 Å². The first-order valence-corrected chi connectivity index (χ1v) is 17.4. The van der Waals surface area contributed by atoms with Crippen molar-refractivity contribution in [3.05, 3.63) is 86.2 Å². The van der Waals surface area contributed by atoms with Gasteiger partial charge in [0, 0.05) is 111 Å². The SMILES string of the molecule is CN1CCN(c2cccc3c2oc(=O)n3C)CC1.Cl.Cn1c(=O)oc2c(N3CCNCC3)cccc21.O=c1[nH]c2cccc(N3CCNCC3)c2o1.[I-].[V]. The van der Waals surface area contributed by atoms with Crippen molar-refractivity contribution in [1.29, 1.82) is 0 Å². The summed E-state index contributed by atoms with van der Waals surface area (Å²) in [4.78, 5) is 46.0. The number of benzene rings is 3. The number of piperazine rings is 3. The van der Waals surface area contributed by atoms with E-state index in [0.717, 1.165) is 112 Å². The van der Waals surface area contributed by atoms with Gasteiger partial charge in [-0.3, -0.25) is 14.1 Å². The van der Waals surface area contributed by atoms with Crippen molar-refractivity contribution < 1.29 is 55.8 Å². The fourth-order valence-electron chi connectivity index (χ4n) is 6.84. The van der Waals surface area contributed by atoms with E-state index in [2.05, 4.69) is 42.3 Å². The minimum Gasteiger partial charge on any atom is -1.00 e. The summed E-state index contributed by atoms with van der Waals surface area (Å²) in [5.41, 5.74) is 7.58. The van der Waals surface area contributed by atoms with Crippen LogP contribution in [-0.4, -0.2) is 105 Å². The zero-order valence-corrected chi connectivity index (χ0v) is 34.9. The smallest absolute Gasteiger partial charge is 0.419 e.